The highest BCUT2D eigenvalue weighted by atomic mass is 32.2. The Morgan fingerprint density at radius 1 is 1.04 bits per heavy atom. The molecule has 1 fully saturated rings. The Hall–Kier alpha value is -1.92. The van der Waals surface area contributed by atoms with Crippen LogP contribution in [0.2, 0.25) is 0 Å². The molecule has 2 aromatic rings. The number of fused-ring (bicyclic) bond motifs is 4. The third-order valence-electron chi connectivity index (χ3n) is 5.86. The molecule has 0 spiro atoms. The molecule has 27 heavy (non-hydrogen) atoms. The van der Waals surface area contributed by atoms with E-state index in [2.05, 4.69) is 0 Å². The monoisotopic (exact) mass is 386 g/mol. The largest absolute Gasteiger partial charge is 0.311 e. The van der Waals surface area contributed by atoms with E-state index in [0.29, 0.717) is 26.1 Å². The molecule has 0 unspecified atom stereocenters. The van der Waals surface area contributed by atoms with Gasteiger partial charge in [-0.2, -0.15) is 0 Å². The van der Waals surface area contributed by atoms with Gasteiger partial charge in [-0.1, -0.05) is 31.2 Å². The van der Waals surface area contributed by atoms with Gasteiger partial charge in [-0.15, -0.1) is 0 Å². The van der Waals surface area contributed by atoms with Crippen molar-refractivity contribution in [2.45, 2.75) is 39.2 Å². The molecule has 0 N–H and O–H groups in total. The van der Waals surface area contributed by atoms with Crippen LogP contribution in [-0.4, -0.2) is 36.1 Å². The fraction of sp³-hybridized carbons (Fsp3) is 0.476. The normalized spacial score (nSPS) is 22.4. The number of pyridine rings is 1. The fourth-order valence-corrected chi connectivity index (χ4v) is 6.22. The molecule has 2 aliphatic rings. The summed E-state index contributed by atoms with van der Waals surface area (Å²) in [5, 5.41) is 0. The van der Waals surface area contributed by atoms with Crippen molar-refractivity contribution in [2.24, 2.45) is 5.92 Å². The topological polar surface area (TPSA) is 59.4 Å². The molecule has 2 atom stereocenters. The summed E-state index contributed by atoms with van der Waals surface area (Å²) in [6.07, 6.45) is 1.59. The van der Waals surface area contributed by atoms with Gasteiger partial charge in [0, 0.05) is 36.8 Å². The van der Waals surface area contributed by atoms with Crippen LogP contribution < -0.4 is 5.56 Å². The molecule has 3 heterocycles. The van der Waals surface area contributed by atoms with E-state index in [1.807, 2.05) is 54.8 Å². The van der Waals surface area contributed by atoms with Crippen molar-refractivity contribution in [3.63, 3.8) is 0 Å². The van der Waals surface area contributed by atoms with Crippen molar-refractivity contribution in [3.05, 3.63) is 58.0 Å². The van der Waals surface area contributed by atoms with Gasteiger partial charge in [-0.3, -0.25) is 4.79 Å². The predicted molar refractivity (Wildman–Crippen MR) is 107 cm³/mol. The van der Waals surface area contributed by atoms with Gasteiger partial charge in [0.1, 0.15) is 0 Å². The van der Waals surface area contributed by atoms with Gasteiger partial charge in [0.2, 0.25) is 10.0 Å². The van der Waals surface area contributed by atoms with Crippen LogP contribution in [0.4, 0.5) is 0 Å². The lowest BCUT2D eigenvalue weighted by molar-refractivity contribution is 0.186. The molecule has 0 amide bonds. The first-order valence-corrected chi connectivity index (χ1v) is 11.3. The molecule has 0 saturated carbocycles. The summed E-state index contributed by atoms with van der Waals surface area (Å²) in [4.78, 5) is 13.2. The van der Waals surface area contributed by atoms with Crippen molar-refractivity contribution in [3.8, 4) is 11.1 Å². The molecule has 1 aromatic heterocycles. The van der Waals surface area contributed by atoms with E-state index in [9.17, 15) is 13.2 Å². The Balaban J connectivity index is 1.72. The number of hydrogen-bond donors (Lipinski definition) is 0. The maximum Gasteiger partial charge on any atom is 0.258 e. The summed E-state index contributed by atoms with van der Waals surface area (Å²) in [5.74, 6) is 0.501. The third kappa shape index (κ3) is 3.25. The summed E-state index contributed by atoms with van der Waals surface area (Å²) in [5.41, 5.74) is 3.81. The van der Waals surface area contributed by atoms with Gasteiger partial charge in [0.15, 0.2) is 0 Å². The number of sulfonamides is 1. The number of piperidine rings is 1. The third-order valence-corrected chi connectivity index (χ3v) is 7.87. The molecule has 0 aliphatic carbocycles. The second-order valence-electron chi connectivity index (χ2n) is 7.83. The van der Waals surface area contributed by atoms with Gasteiger partial charge >= 0.3 is 0 Å². The molecular formula is C21H26N2O3S. The zero-order valence-electron chi connectivity index (χ0n) is 15.9. The fourth-order valence-electron chi connectivity index (χ4n) is 4.60. The Bertz CT molecular complexity index is 1030. The number of nitrogens with zero attached hydrogens (tertiary/aromatic N) is 2. The highest BCUT2D eigenvalue weighted by Gasteiger charge is 2.38. The molecule has 6 heteroatoms. The van der Waals surface area contributed by atoms with Crippen molar-refractivity contribution in [1.82, 2.24) is 8.87 Å². The van der Waals surface area contributed by atoms with Crippen LogP contribution in [0, 0.1) is 12.8 Å². The second kappa shape index (κ2) is 6.91. The Morgan fingerprint density at radius 2 is 1.81 bits per heavy atom. The van der Waals surface area contributed by atoms with Crippen molar-refractivity contribution in [2.75, 3.05) is 18.8 Å². The zero-order valence-corrected chi connectivity index (χ0v) is 16.7. The van der Waals surface area contributed by atoms with Crippen LogP contribution in [-0.2, 0) is 16.6 Å². The van der Waals surface area contributed by atoms with Crippen molar-refractivity contribution >= 4 is 10.0 Å². The number of aromatic nitrogens is 1. The van der Waals surface area contributed by atoms with Crippen LogP contribution in [0.15, 0.2) is 41.2 Å². The Morgan fingerprint density at radius 3 is 2.56 bits per heavy atom. The lowest BCUT2D eigenvalue weighted by atomic mass is 9.83. The van der Waals surface area contributed by atoms with Gasteiger partial charge in [-0.25, -0.2) is 12.7 Å². The summed E-state index contributed by atoms with van der Waals surface area (Å²) in [6, 6.07) is 11.9. The molecule has 144 valence electrons. The molecule has 2 aliphatic heterocycles. The van der Waals surface area contributed by atoms with Gasteiger partial charge in [-0.05, 0) is 48.9 Å². The summed E-state index contributed by atoms with van der Waals surface area (Å²) in [6.45, 7) is 5.53. The number of rotatable bonds is 4. The highest BCUT2D eigenvalue weighted by Crippen LogP contribution is 2.37. The molecule has 5 nitrogen and oxygen atoms in total. The van der Waals surface area contributed by atoms with E-state index in [1.54, 1.807) is 4.31 Å². The van der Waals surface area contributed by atoms with E-state index >= 15 is 0 Å². The summed E-state index contributed by atoms with van der Waals surface area (Å²) >= 11 is 0. The van der Waals surface area contributed by atoms with Crippen LogP contribution in [0.3, 0.4) is 0 Å². The lowest BCUT2D eigenvalue weighted by Gasteiger charge is -2.42. The van der Waals surface area contributed by atoms with Crippen LogP contribution in [0.1, 0.15) is 36.9 Å². The van der Waals surface area contributed by atoms with E-state index in [-0.39, 0.29) is 23.1 Å². The quantitative estimate of drug-likeness (QED) is 0.812. The zero-order chi connectivity index (χ0) is 19.2. The van der Waals surface area contributed by atoms with Crippen LogP contribution >= 0.6 is 0 Å². The van der Waals surface area contributed by atoms with Gasteiger partial charge < -0.3 is 4.57 Å². The SMILES string of the molecule is CCCS(=O)(=O)N1C[C@@H]2C[C@H](C1)c1ccc(-c3ccccc3C)c(=O)n1C2. The molecule has 1 aromatic carbocycles. The van der Waals surface area contributed by atoms with E-state index in [0.717, 1.165) is 28.8 Å². The maximum atomic E-state index is 13.2. The molecular weight excluding hydrogens is 360 g/mol. The van der Waals surface area contributed by atoms with Gasteiger partial charge in [0.25, 0.3) is 5.56 Å². The minimum Gasteiger partial charge on any atom is -0.311 e. The highest BCUT2D eigenvalue weighted by molar-refractivity contribution is 7.89. The summed E-state index contributed by atoms with van der Waals surface area (Å²) < 4.78 is 28.6. The Labute approximate surface area is 160 Å². The lowest BCUT2D eigenvalue weighted by Crippen LogP contribution is -2.49. The number of aryl methyl sites for hydroxylation is 1. The minimum absolute atomic E-state index is 0.0429. The first-order chi connectivity index (χ1) is 12.9. The van der Waals surface area contributed by atoms with Crippen LogP contribution in [0.25, 0.3) is 11.1 Å². The van der Waals surface area contributed by atoms with Gasteiger partial charge in [0.05, 0.1) is 5.75 Å². The smallest absolute Gasteiger partial charge is 0.258 e. The average Bonchev–Trinajstić information content (AvgIpc) is 2.63. The molecule has 1 saturated heterocycles. The molecule has 4 rings (SSSR count). The predicted octanol–water partition coefficient (Wildman–Crippen LogP) is 2.98. The minimum atomic E-state index is -3.20. The molecule has 0 radical (unpaired) electrons. The maximum absolute atomic E-state index is 13.2. The second-order valence-corrected chi connectivity index (χ2v) is 9.92. The molecule has 2 bridgehead atoms. The van der Waals surface area contributed by atoms with Crippen molar-refractivity contribution < 1.29 is 8.42 Å². The van der Waals surface area contributed by atoms with E-state index < -0.39 is 10.0 Å². The first kappa shape index (κ1) is 18.4. The van der Waals surface area contributed by atoms with Crippen LogP contribution in [0.5, 0.6) is 0 Å². The van der Waals surface area contributed by atoms with E-state index in [4.69, 9.17) is 0 Å². The number of benzene rings is 1. The average molecular weight is 387 g/mol. The van der Waals surface area contributed by atoms with Crippen molar-refractivity contribution in [1.29, 1.82) is 0 Å². The first-order valence-electron chi connectivity index (χ1n) is 9.68. The number of hydrogen-bond acceptors (Lipinski definition) is 3. The Kier molecular flexibility index (Phi) is 4.72. The standard InChI is InChI=1S/C21H26N2O3S/c1-3-10-27(25,26)22-12-16-11-17(14-22)20-9-8-19(21(24)23(20)13-16)18-7-5-4-6-15(18)2/h4-9,16-17H,3,10-14H2,1-2H3/t16-,17+/m0/s1. The van der Waals surface area contributed by atoms with E-state index in [1.165, 1.54) is 0 Å². The summed E-state index contributed by atoms with van der Waals surface area (Å²) in [7, 11) is -3.20.